The average molecular weight is 271 g/mol. The van der Waals surface area contributed by atoms with Crippen LogP contribution in [-0.2, 0) is 11.3 Å². The van der Waals surface area contributed by atoms with Crippen LogP contribution in [0.15, 0.2) is 48.5 Å². The summed E-state index contributed by atoms with van der Waals surface area (Å²) in [5.74, 6) is 0.337. The van der Waals surface area contributed by atoms with Crippen LogP contribution in [0.1, 0.15) is 12.0 Å². The molecule has 20 heavy (non-hydrogen) atoms. The molecule has 0 aliphatic rings. The summed E-state index contributed by atoms with van der Waals surface area (Å²) >= 11 is 0. The Hall–Kier alpha value is -1.84. The van der Waals surface area contributed by atoms with Gasteiger partial charge in [0, 0.05) is 25.8 Å². The van der Waals surface area contributed by atoms with Crippen molar-refractivity contribution < 1.29 is 9.84 Å². The number of nitrogens with one attached hydrogen (secondary N) is 1. The van der Waals surface area contributed by atoms with Gasteiger partial charge >= 0.3 is 0 Å². The van der Waals surface area contributed by atoms with E-state index in [0.29, 0.717) is 12.3 Å². The first-order valence-corrected chi connectivity index (χ1v) is 6.88. The van der Waals surface area contributed by atoms with Crippen molar-refractivity contribution in [2.24, 2.45) is 0 Å². The molecule has 0 aromatic heterocycles. The van der Waals surface area contributed by atoms with E-state index in [2.05, 4.69) is 17.4 Å². The van der Waals surface area contributed by atoms with Gasteiger partial charge in [-0.05, 0) is 36.2 Å². The van der Waals surface area contributed by atoms with Gasteiger partial charge in [-0.3, -0.25) is 0 Å². The molecule has 0 aliphatic heterocycles. The second-order valence-corrected chi connectivity index (χ2v) is 4.73. The van der Waals surface area contributed by atoms with Gasteiger partial charge in [0.05, 0.1) is 0 Å². The van der Waals surface area contributed by atoms with Gasteiger partial charge in [-0.15, -0.1) is 0 Å². The molecule has 0 bridgehead atoms. The highest BCUT2D eigenvalue weighted by atomic mass is 16.5. The molecule has 2 rings (SSSR count). The Morgan fingerprint density at radius 2 is 1.85 bits per heavy atom. The molecule has 0 saturated carbocycles. The molecule has 0 saturated heterocycles. The third-order valence-corrected chi connectivity index (χ3v) is 3.20. The summed E-state index contributed by atoms with van der Waals surface area (Å²) in [6.45, 7) is 2.29. The summed E-state index contributed by atoms with van der Waals surface area (Å²) in [5.41, 5.74) is 3.20. The zero-order valence-corrected chi connectivity index (χ0v) is 11.8. The normalized spacial score (nSPS) is 10.7. The van der Waals surface area contributed by atoms with Crippen LogP contribution in [0, 0.1) is 0 Å². The number of hydrogen-bond acceptors (Lipinski definition) is 3. The standard InChI is InChI=1S/C17H21NO2/c1-20-11-5-10-18-13-16-12-15(8-9-17(16)19)14-6-3-2-4-7-14/h2-4,6-9,12,18-19H,5,10-11,13H2,1H3. The molecule has 106 valence electrons. The highest BCUT2D eigenvalue weighted by Gasteiger charge is 2.04. The third-order valence-electron chi connectivity index (χ3n) is 3.20. The number of ether oxygens (including phenoxy) is 1. The number of aromatic hydroxyl groups is 1. The first-order valence-electron chi connectivity index (χ1n) is 6.88. The molecule has 0 radical (unpaired) electrons. The monoisotopic (exact) mass is 271 g/mol. The van der Waals surface area contributed by atoms with Gasteiger partial charge in [-0.2, -0.15) is 0 Å². The van der Waals surface area contributed by atoms with Gasteiger partial charge in [0.1, 0.15) is 5.75 Å². The van der Waals surface area contributed by atoms with Gasteiger partial charge in [0.25, 0.3) is 0 Å². The Morgan fingerprint density at radius 1 is 1.05 bits per heavy atom. The van der Waals surface area contributed by atoms with Crippen molar-refractivity contribution in [3.63, 3.8) is 0 Å². The number of phenolic OH excluding ortho intramolecular Hbond substituents is 1. The van der Waals surface area contributed by atoms with E-state index in [-0.39, 0.29) is 0 Å². The predicted molar refractivity (Wildman–Crippen MR) is 81.7 cm³/mol. The van der Waals surface area contributed by atoms with E-state index in [1.165, 1.54) is 0 Å². The Labute approximate surface area is 120 Å². The minimum atomic E-state index is 0.337. The molecule has 0 fully saturated rings. The predicted octanol–water partition coefficient (Wildman–Crippen LogP) is 3.19. The minimum Gasteiger partial charge on any atom is -0.508 e. The van der Waals surface area contributed by atoms with Crippen LogP contribution >= 0.6 is 0 Å². The summed E-state index contributed by atoms with van der Waals surface area (Å²) in [7, 11) is 1.70. The molecule has 3 nitrogen and oxygen atoms in total. The Bertz CT molecular complexity index is 526. The van der Waals surface area contributed by atoms with E-state index in [0.717, 1.165) is 36.3 Å². The first kappa shape index (κ1) is 14.6. The van der Waals surface area contributed by atoms with Gasteiger partial charge in [0.15, 0.2) is 0 Å². The Kier molecular flexibility index (Phi) is 5.59. The van der Waals surface area contributed by atoms with Gasteiger partial charge in [-0.25, -0.2) is 0 Å². The Morgan fingerprint density at radius 3 is 2.60 bits per heavy atom. The quantitative estimate of drug-likeness (QED) is 0.760. The molecule has 0 heterocycles. The summed E-state index contributed by atoms with van der Waals surface area (Å²) in [4.78, 5) is 0. The van der Waals surface area contributed by atoms with Crippen molar-refractivity contribution in [3.05, 3.63) is 54.1 Å². The van der Waals surface area contributed by atoms with E-state index in [9.17, 15) is 5.11 Å². The maximum atomic E-state index is 9.92. The summed E-state index contributed by atoms with van der Waals surface area (Å²) in [6.07, 6.45) is 0.968. The van der Waals surface area contributed by atoms with Crippen LogP contribution in [0.4, 0.5) is 0 Å². The molecule has 0 unspecified atom stereocenters. The fraction of sp³-hybridized carbons (Fsp3) is 0.294. The minimum absolute atomic E-state index is 0.337. The molecule has 3 heteroatoms. The molecule has 0 atom stereocenters. The highest BCUT2D eigenvalue weighted by Crippen LogP contribution is 2.25. The van der Waals surface area contributed by atoms with Crippen LogP contribution in [0.25, 0.3) is 11.1 Å². The van der Waals surface area contributed by atoms with Gasteiger partial charge in [0.2, 0.25) is 0 Å². The largest absolute Gasteiger partial charge is 0.508 e. The SMILES string of the molecule is COCCCNCc1cc(-c2ccccc2)ccc1O. The summed E-state index contributed by atoms with van der Waals surface area (Å²) in [5, 5.41) is 13.2. The van der Waals surface area contributed by atoms with E-state index in [4.69, 9.17) is 4.74 Å². The number of phenols is 1. The smallest absolute Gasteiger partial charge is 0.120 e. The second kappa shape index (κ2) is 7.68. The molecular weight excluding hydrogens is 250 g/mol. The van der Waals surface area contributed by atoms with Crippen LogP contribution in [0.3, 0.4) is 0 Å². The first-order chi connectivity index (χ1) is 9.81. The highest BCUT2D eigenvalue weighted by molar-refractivity contribution is 5.65. The zero-order valence-electron chi connectivity index (χ0n) is 11.8. The number of methoxy groups -OCH3 is 1. The fourth-order valence-electron chi connectivity index (χ4n) is 2.10. The van der Waals surface area contributed by atoms with Crippen molar-refractivity contribution in [1.82, 2.24) is 5.32 Å². The molecular formula is C17H21NO2. The van der Waals surface area contributed by atoms with E-state index < -0.39 is 0 Å². The van der Waals surface area contributed by atoms with Gasteiger partial charge in [-0.1, -0.05) is 36.4 Å². The second-order valence-electron chi connectivity index (χ2n) is 4.73. The summed E-state index contributed by atoms with van der Waals surface area (Å²) in [6, 6.07) is 15.9. The molecule has 0 amide bonds. The van der Waals surface area contributed by atoms with Crippen LogP contribution in [0.5, 0.6) is 5.75 Å². The maximum absolute atomic E-state index is 9.92. The molecule has 2 aromatic rings. The molecule has 0 aliphatic carbocycles. The van der Waals surface area contributed by atoms with Crippen molar-refractivity contribution >= 4 is 0 Å². The lowest BCUT2D eigenvalue weighted by Crippen LogP contribution is -2.16. The van der Waals surface area contributed by atoms with Crippen molar-refractivity contribution in [2.75, 3.05) is 20.3 Å². The molecule has 2 aromatic carbocycles. The summed E-state index contributed by atoms with van der Waals surface area (Å²) < 4.78 is 5.01. The lowest BCUT2D eigenvalue weighted by molar-refractivity contribution is 0.194. The van der Waals surface area contributed by atoms with Crippen LogP contribution in [0.2, 0.25) is 0 Å². The number of rotatable bonds is 7. The fourth-order valence-corrected chi connectivity index (χ4v) is 2.10. The van der Waals surface area contributed by atoms with Crippen molar-refractivity contribution in [2.45, 2.75) is 13.0 Å². The van der Waals surface area contributed by atoms with E-state index >= 15 is 0 Å². The molecule has 0 spiro atoms. The molecule has 2 N–H and O–H groups in total. The van der Waals surface area contributed by atoms with Crippen molar-refractivity contribution in [1.29, 1.82) is 0 Å². The lowest BCUT2D eigenvalue weighted by atomic mass is 10.0. The zero-order chi connectivity index (χ0) is 14.2. The van der Waals surface area contributed by atoms with Crippen LogP contribution in [-0.4, -0.2) is 25.4 Å². The third kappa shape index (κ3) is 4.08. The average Bonchev–Trinajstić information content (AvgIpc) is 2.49. The van der Waals surface area contributed by atoms with Crippen molar-refractivity contribution in [3.8, 4) is 16.9 Å². The van der Waals surface area contributed by atoms with E-state index in [1.54, 1.807) is 13.2 Å². The number of benzene rings is 2. The Balaban J connectivity index is 2.02. The topological polar surface area (TPSA) is 41.5 Å². The maximum Gasteiger partial charge on any atom is 0.120 e. The van der Waals surface area contributed by atoms with Crippen LogP contribution < -0.4 is 5.32 Å². The van der Waals surface area contributed by atoms with Gasteiger partial charge < -0.3 is 15.2 Å². The lowest BCUT2D eigenvalue weighted by Gasteiger charge is -2.09. The van der Waals surface area contributed by atoms with E-state index in [1.807, 2.05) is 30.3 Å². The number of hydrogen-bond donors (Lipinski definition) is 2.